The highest BCUT2D eigenvalue weighted by molar-refractivity contribution is 5.90. The Bertz CT molecular complexity index is 786. The number of aromatic nitrogens is 1. The third-order valence-electron chi connectivity index (χ3n) is 3.79. The Balaban J connectivity index is 1.37. The molecule has 0 radical (unpaired) electrons. The molecule has 24 heavy (non-hydrogen) atoms. The van der Waals surface area contributed by atoms with E-state index in [1.54, 1.807) is 6.07 Å². The SMILES string of the molecule is Oc1ccccc1NCCNCCNc1ccnc2ccccc12. The number of hydrogen-bond donors (Lipinski definition) is 4. The molecule has 0 aliphatic carbocycles. The van der Waals surface area contributed by atoms with E-state index in [9.17, 15) is 5.11 Å². The van der Waals surface area contributed by atoms with Crippen LogP contribution in [0.4, 0.5) is 11.4 Å². The average molecular weight is 322 g/mol. The van der Waals surface area contributed by atoms with Crippen LogP contribution in [-0.2, 0) is 0 Å². The highest BCUT2D eigenvalue weighted by Crippen LogP contribution is 2.21. The number of fused-ring (bicyclic) bond motifs is 1. The van der Waals surface area contributed by atoms with Crippen LogP contribution in [0.25, 0.3) is 10.9 Å². The van der Waals surface area contributed by atoms with Crippen molar-refractivity contribution in [3.8, 4) is 5.75 Å². The van der Waals surface area contributed by atoms with Crippen molar-refractivity contribution >= 4 is 22.3 Å². The van der Waals surface area contributed by atoms with E-state index < -0.39 is 0 Å². The first-order chi connectivity index (χ1) is 11.8. The molecule has 0 aliphatic heterocycles. The quantitative estimate of drug-likeness (QED) is 0.379. The first kappa shape index (κ1) is 16.1. The van der Waals surface area contributed by atoms with Gasteiger partial charge in [-0.15, -0.1) is 0 Å². The third kappa shape index (κ3) is 4.14. The first-order valence-electron chi connectivity index (χ1n) is 8.15. The molecule has 3 rings (SSSR count). The summed E-state index contributed by atoms with van der Waals surface area (Å²) in [6.45, 7) is 3.28. The Labute approximate surface area is 141 Å². The lowest BCUT2D eigenvalue weighted by Crippen LogP contribution is -2.27. The van der Waals surface area contributed by atoms with Gasteiger partial charge in [0.1, 0.15) is 5.75 Å². The highest BCUT2D eigenvalue weighted by Gasteiger charge is 2.00. The molecule has 5 heteroatoms. The summed E-state index contributed by atoms with van der Waals surface area (Å²) >= 11 is 0. The summed E-state index contributed by atoms with van der Waals surface area (Å²) in [7, 11) is 0. The molecule has 0 saturated heterocycles. The van der Waals surface area contributed by atoms with Gasteiger partial charge in [-0.2, -0.15) is 0 Å². The van der Waals surface area contributed by atoms with Gasteiger partial charge < -0.3 is 21.1 Å². The van der Waals surface area contributed by atoms with E-state index in [2.05, 4.69) is 27.0 Å². The smallest absolute Gasteiger partial charge is 0.138 e. The number of hydrogen-bond acceptors (Lipinski definition) is 5. The van der Waals surface area contributed by atoms with Crippen molar-refractivity contribution in [2.45, 2.75) is 0 Å². The van der Waals surface area contributed by atoms with E-state index in [1.165, 1.54) is 0 Å². The zero-order valence-corrected chi connectivity index (χ0v) is 13.5. The molecule has 0 amide bonds. The molecule has 0 atom stereocenters. The third-order valence-corrected chi connectivity index (χ3v) is 3.79. The van der Waals surface area contributed by atoms with Gasteiger partial charge in [-0.3, -0.25) is 4.98 Å². The largest absolute Gasteiger partial charge is 0.506 e. The maximum Gasteiger partial charge on any atom is 0.138 e. The van der Waals surface area contributed by atoms with E-state index in [0.29, 0.717) is 0 Å². The summed E-state index contributed by atoms with van der Waals surface area (Å²) in [6.07, 6.45) is 1.83. The molecule has 1 aromatic heterocycles. The summed E-state index contributed by atoms with van der Waals surface area (Å²) in [6, 6.07) is 17.4. The van der Waals surface area contributed by atoms with Crippen LogP contribution in [0.1, 0.15) is 0 Å². The fourth-order valence-corrected chi connectivity index (χ4v) is 2.57. The van der Waals surface area contributed by atoms with E-state index in [-0.39, 0.29) is 5.75 Å². The van der Waals surface area contributed by atoms with Crippen molar-refractivity contribution in [2.75, 3.05) is 36.8 Å². The Hall–Kier alpha value is -2.79. The predicted octanol–water partition coefficient (Wildman–Crippen LogP) is 3.05. The molecular formula is C19H22N4O. The van der Waals surface area contributed by atoms with E-state index in [1.807, 2.05) is 48.7 Å². The fourth-order valence-electron chi connectivity index (χ4n) is 2.57. The molecule has 0 fully saturated rings. The molecule has 0 unspecified atom stereocenters. The van der Waals surface area contributed by atoms with Crippen LogP contribution in [0.5, 0.6) is 5.75 Å². The molecule has 1 heterocycles. The van der Waals surface area contributed by atoms with Crippen molar-refractivity contribution < 1.29 is 5.11 Å². The lowest BCUT2D eigenvalue weighted by molar-refractivity contribution is 0.477. The van der Waals surface area contributed by atoms with Crippen LogP contribution in [0.3, 0.4) is 0 Å². The van der Waals surface area contributed by atoms with Gasteiger partial charge in [-0.25, -0.2) is 0 Å². The second kappa shape index (κ2) is 8.17. The van der Waals surface area contributed by atoms with Gasteiger partial charge in [0, 0.05) is 43.4 Å². The number of phenolic OH excluding ortho intramolecular Hbond substituents is 1. The summed E-state index contributed by atoms with van der Waals surface area (Å²) in [5.41, 5.74) is 2.87. The van der Waals surface area contributed by atoms with Crippen molar-refractivity contribution in [1.29, 1.82) is 0 Å². The number of pyridine rings is 1. The van der Waals surface area contributed by atoms with Crippen LogP contribution >= 0.6 is 0 Å². The van der Waals surface area contributed by atoms with Crippen LogP contribution in [0.15, 0.2) is 60.8 Å². The molecule has 4 N–H and O–H groups in total. The minimum absolute atomic E-state index is 0.281. The molecule has 0 aliphatic rings. The van der Waals surface area contributed by atoms with Gasteiger partial charge >= 0.3 is 0 Å². The van der Waals surface area contributed by atoms with Gasteiger partial charge in [0.25, 0.3) is 0 Å². The minimum atomic E-state index is 0.281. The fraction of sp³-hybridized carbons (Fsp3) is 0.211. The second-order valence-electron chi connectivity index (χ2n) is 5.50. The number of aromatic hydroxyl groups is 1. The topological polar surface area (TPSA) is 69.2 Å². The molecule has 0 spiro atoms. The van der Waals surface area contributed by atoms with Crippen LogP contribution in [-0.4, -0.2) is 36.3 Å². The minimum Gasteiger partial charge on any atom is -0.506 e. The molecule has 3 aromatic rings. The molecule has 2 aromatic carbocycles. The maximum absolute atomic E-state index is 9.67. The highest BCUT2D eigenvalue weighted by atomic mass is 16.3. The number of para-hydroxylation sites is 3. The number of benzene rings is 2. The van der Waals surface area contributed by atoms with Crippen LogP contribution in [0, 0.1) is 0 Å². The summed E-state index contributed by atoms with van der Waals surface area (Å²) in [4.78, 5) is 4.36. The number of nitrogens with one attached hydrogen (secondary N) is 3. The lowest BCUT2D eigenvalue weighted by atomic mass is 10.2. The Morgan fingerprint density at radius 3 is 2.29 bits per heavy atom. The van der Waals surface area contributed by atoms with Crippen molar-refractivity contribution in [3.05, 3.63) is 60.8 Å². The summed E-state index contributed by atoms with van der Waals surface area (Å²) in [5.74, 6) is 0.281. The second-order valence-corrected chi connectivity index (χ2v) is 5.50. The van der Waals surface area contributed by atoms with E-state index in [0.717, 1.165) is 48.5 Å². The van der Waals surface area contributed by atoms with Crippen LogP contribution < -0.4 is 16.0 Å². The van der Waals surface area contributed by atoms with Gasteiger partial charge in [0.2, 0.25) is 0 Å². The molecule has 5 nitrogen and oxygen atoms in total. The van der Waals surface area contributed by atoms with E-state index in [4.69, 9.17) is 0 Å². The van der Waals surface area contributed by atoms with Crippen molar-refractivity contribution in [1.82, 2.24) is 10.3 Å². The normalized spacial score (nSPS) is 10.7. The maximum atomic E-state index is 9.67. The average Bonchev–Trinajstić information content (AvgIpc) is 2.62. The summed E-state index contributed by atoms with van der Waals surface area (Å²) < 4.78 is 0. The molecule has 124 valence electrons. The molecule has 0 bridgehead atoms. The number of nitrogens with zero attached hydrogens (tertiary/aromatic N) is 1. The standard InChI is InChI=1S/C19H22N4O/c24-19-8-4-3-7-18(19)23-14-12-20-11-13-22-17-9-10-21-16-6-2-1-5-15(16)17/h1-10,20,23-24H,11-14H2,(H,21,22). The lowest BCUT2D eigenvalue weighted by Gasteiger charge is -2.11. The van der Waals surface area contributed by atoms with Crippen molar-refractivity contribution in [3.63, 3.8) is 0 Å². The zero-order chi connectivity index (χ0) is 16.6. The molecule has 0 saturated carbocycles. The van der Waals surface area contributed by atoms with Gasteiger partial charge in [0.15, 0.2) is 0 Å². The Morgan fingerprint density at radius 1 is 0.750 bits per heavy atom. The van der Waals surface area contributed by atoms with E-state index >= 15 is 0 Å². The van der Waals surface area contributed by atoms with Crippen molar-refractivity contribution in [2.24, 2.45) is 0 Å². The van der Waals surface area contributed by atoms with Gasteiger partial charge in [0.05, 0.1) is 11.2 Å². The summed E-state index contributed by atoms with van der Waals surface area (Å²) in [5, 5.41) is 20.8. The first-order valence-corrected chi connectivity index (χ1v) is 8.15. The number of rotatable bonds is 8. The Kier molecular flexibility index (Phi) is 5.48. The van der Waals surface area contributed by atoms with Gasteiger partial charge in [-0.05, 0) is 24.3 Å². The van der Waals surface area contributed by atoms with Crippen LogP contribution in [0.2, 0.25) is 0 Å². The number of anilines is 2. The predicted molar refractivity (Wildman–Crippen MR) is 99.7 cm³/mol. The monoisotopic (exact) mass is 322 g/mol. The Morgan fingerprint density at radius 2 is 1.46 bits per heavy atom. The van der Waals surface area contributed by atoms with Gasteiger partial charge in [-0.1, -0.05) is 30.3 Å². The molecular weight excluding hydrogens is 300 g/mol. The zero-order valence-electron chi connectivity index (χ0n) is 13.5. The number of phenols is 1.